The fourth-order valence-electron chi connectivity index (χ4n) is 1.88. The third kappa shape index (κ3) is 5.58. The van der Waals surface area contributed by atoms with Gasteiger partial charge in [-0.25, -0.2) is 0 Å². The Morgan fingerprint density at radius 3 is 2.58 bits per heavy atom. The Labute approximate surface area is 150 Å². The first-order valence-electron chi connectivity index (χ1n) is 7.36. The number of carbonyl (C=O) groups excluding carboxylic acids is 2. The zero-order chi connectivity index (χ0) is 17.5. The molecule has 2 aromatic rings. The first kappa shape index (κ1) is 18.4. The van der Waals surface area contributed by atoms with Crippen molar-refractivity contribution in [3.05, 3.63) is 58.6 Å². The van der Waals surface area contributed by atoms with Crippen molar-refractivity contribution < 1.29 is 14.3 Å². The summed E-state index contributed by atoms with van der Waals surface area (Å²) in [4.78, 5) is 24.5. The van der Waals surface area contributed by atoms with Crippen molar-refractivity contribution in [1.29, 1.82) is 0 Å². The first-order chi connectivity index (χ1) is 11.5. The summed E-state index contributed by atoms with van der Waals surface area (Å²) in [6, 6.07) is 12.9. The third-order valence-corrected chi connectivity index (χ3v) is 4.64. The van der Waals surface area contributed by atoms with Crippen molar-refractivity contribution in [3.63, 3.8) is 0 Å². The van der Waals surface area contributed by atoms with Gasteiger partial charge in [-0.1, -0.05) is 29.8 Å². The molecule has 0 aliphatic rings. The maximum Gasteiger partial charge on any atom is 0.316 e. The van der Waals surface area contributed by atoms with Gasteiger partial charge in [0.05, 0.1) is 16.5 Å². The monoisotopic (exact) mass is 363 g/mol. The summed E-state index contributed by atoms with van der Waals surface area (Å²) in [6.07, 6.45) is 0. The molecule has 0 fully saturated rings. The second-order valence-corrected chi connectivity index (χ2v) is 6.68. The molecule has 0 radical (unpaired) electrons. The van der Waals surface area contributed by atoms with Gasteiger partial charge in [-0.3, -0.25) is 9.59 Å². The molecule has 0 aliphatic heterocycles. The molecule has 126 valence electrons. The number of ether oxygens (including phenoxy) is 1. The average molecular weight is 364 g/mol. The molecule has 0 saturated carbocycles. The van der Waals surface area contributed by atoms with E-state index in [0.29, 0.717) is 10.7 Å². The topological polar surface area (TPSA) is 55.4 Å². The number of hydrogen-bond donors (Lipinski definition) is 1. The van der Waals surface area contributed by atoms with Crippen LogP contribution in [0.5, 0.6) is 0 Å². The molecule has 0 aromatic heterocycles. The Balaban J connectivity index is 1.75. The number of esters is 1. The molecular weight excluding hydrogens is 346 g/mol. The molecule has 24 heavy (non-hydrogen) atoms. The fourth-order valence-corrected chi connectivity index (χ4v) is 2.86. The van der Waals surface area contributed by atoms with Crippen molar-refractivity contribution >= 4 is 40.9 Å². The van der Waals surface area contributed by atoms with Gasteiger partial charge in [-0.2, -0.15) is 0 Å². The van der Waals surface area contributed by atoms with E-state index in [9.17, 15) is 9.59 Å². The summed E-state index contributed by atoms with van der Waals surface area (Å²) in [7, 11) is 0. The largest absolute Gasteiger partial charge is 0.455 e. The average Bonchev–Trinajstić information content (AvgIpc) is 2.56. The number of anilines is 1. The maximum absolute atomic E-state index is 11.8. The molecule has 6 heteroatoms. The second kappa shape index (κ2) is 8.76. The minimum Gasteiger partial charge on any atom is -0.455 e. The molecule has 2 rings (SSSR count). The van der Waals surface area contributed by atoms with E-state index in [1.54, 1.807) is 24.3 Å². The molecule has 0 heterocycles. The Morgan fingerprint density at radius 2 is 1.88 bits per heavy atom. The van der Waals surface area contributed by atoms with Crippen LogP contribution >= 0.6 is 23.4 Å². The Morgan fingerprint density at radius 1 is 1.12 bits per heavy atom. The van der Waals surface area contributed by atoms with Crippen LogP contribution in [0.1, 0.15) is 11.1 Å². The minimum absolute atomic E-state index is 0.155. The highest BCUT2D eigenvalue weighted by Gasteiger charge is 2.10. The molecular formula is C18H18ClNO3S. The number of nitrogens with one attached hydrogen (secondary N) is 1. The molecule has 0 aliphatic carbocycles. The lowest BCUT2D eigenvalue weighted by Gasteiger charge is -2.08. The van der Waals surface area contributed by atoms with Crippen LogP contribution in [0, 0.1) is 13.8 Å². The van der Waals surface area contributed by atoms with Gasteiger partial charge in [0.1, 0.15) is 0 Å². The Bertz CT molecular complexity index is 749. The van der Waals surface area contributed by atoms with Gasteiger partial charge in [0.25, 0.3) is 5.91 Å². The molecule has 0 atom stereocenters. The lowest BCUT2D eigenvalue weighted by molar-refractivity contribution is -0.144. The molecule has 1 amide bonds. The quantitative estimate of drug-likeness (QED) is 0.616. The van der Waals surface area contributed by atoms with Gasteiger partial charge in [-0.05, 0) is 49.2 Å². The lowest BCUT2D eigenvalue weighted by Crippen LogP contribution is -2.21. The standard InChI is InChI=1S/C18H18ClNO3S/c1-12-7-8-14(9-13(12)2)24-11-18(22)23-10-17(21)20-16-6-4-3-5-15(16)19/h3-9H,10-11H2,1-2H3,(H,20,21). The zero-order valence-corrected chi connectivity index (χ0v) is 15.0. The van der Waals surface area contributed by atoms with Crippen molar-refractivity contribution in [2.75, 3.05) is 17.7 Å². The predicted octanol–water partition coefficient (Wildman–Crippen LogP) is 4.23. The van der Waals surface area contributed by atoms with Gasteiger partial charge in [0.2, 0.25) is 0 Å². The summed E-state index contributed by atoms with van der Waals surface area (Å²) >= 11 is 7.33. The van der Waals surface area contributed by atoms with E-state index in [0.717, 1.165) is 4.90 Å². The van der Waals surface area contributed by atoms with Gasteiger partial charge >= 0.3 is 5.97 Å². The lowest BCUT2D eigenvalue weighted by atomic mass is 10.1. The Kier molecular flexibility index (Phi) is 6.70. The molecule has 0 bridgehead atoms. The first-order valence-corrected chi connectivity index (χ1v) is 8.72. The highest BCUT2D eigenvalue weighted by Crippen LogP contribution is 2.21. The summed E-state index contributed by atoms with van der Waals surface area (Å²) < 4.78 is 4.98. The van der Waals surface area contributed by atoms with Gasteiger partial charge in [-0.15, -0.1) is 11.8 Å². The van der Waals surface area contributed by atoms with E-state index in [-0.39, 0.29) is 12.4 Å². The van der Waals surface area contributed by atoms with E-state index in [1.807, 2.05) is 32.0 Å². The Hall–Kier alpha value is -1.98. The number of para-hydroxylation sites is 1. The van der Waals surface area contributed by atoms with Crippen molar-refractivity contribution in [1.82, 2.24) is 0 Å². The molecule has 0 spiro atoms. The number of aryl methyl sites for hydroxylation is 2. The number of amides is 1. The molecule has 2 aromatic carbocycles. The van der Waals surface area contributed by atoms with Crippen LogP contribution in [0.25, 0.3) is 0 Å². The van der Waals surface area contributed by atoms with Crippen LogP contribution in [0.2, 0.25) is 5.02 Å². The maximum atomic E-state index is 11.8. The highest BCUT2D eigenvalue weighted by molar-refractivity contribution is 8.00. The van der Waals surface area contributed by atoms with E-state index in [1.165, 1.54) is 22.9 Å². The van der Waals surface area contributed by atoms with Crippen LogP contribution < -0.4 is 5.32 Å². The smallest absolute Gasteiger partial charge is 0.316 e. The zero-order valence-electron chi connectivity index (χ0n) is 13.5. The number of rotatable bonds is 6. The van der Waals surface area contributed by atoms with E-state index in [2.05, 4.69) is 5.32 Å². The van der Waals surface area contributed by atoms with Crippen LogP contribution in [0.15, 0.2) is 47.4 Å². The third-order valence-electron chi connectivity index (χ3n) is 3.35. The van der Waals surface area contributed by atoms with Crippen molar-refractivity contribution in [3.8, 4) is 0 Å². The number of hydrogen-bond acceptors (Lipinski definition) is 4. The summed E-state index contributed by atoms with van der Waals surface area (Å²) in [5, 5.41) is 3.03. The van der Waals surface area contributed by atoms with E-state index in [4.69, 9.17) is 16.3 Å². The molecule has 4 nitrogen and oxygen atoms in total. The SMILES string of the molecule is Cc1ccc(SCC(=O)OCC(=O)Nc2ccccc2Cl)cc1C. The molecule has 0 saturated heterocycles. The van der Waals surface area contributed by atoms with Gasteiger partial charge in [0, 0.05) is 4.90 Å². The van der Waals surface area contributed by atoms with Crippen molar-refractivity contribution in [2.24, 2.45) is 0 Å². The number of thioether (sulfide) groups is 1. The summed E-state index contributed by atoms with van der Waals surface area (Å²) in [5.41, 5.74) is 2.87. The number of halogens is 1. The van der Waals surface area contributed by atoms with Crippen LogP contribution in [0.3, 0.4) is 0 Å². The number of carbonyl (C=O) groups is 2. The highest BCUT2D eigenvalue weighted by atomic mass is 35.5. The van der Waals surface area contributed by atoms with Crippen LogP contribution in [0.4, 0.5) is 5.69 Å². The fraction of sp³-hybridized carbons (Fsp3) is 0.222. The van der Waals surface area contributed by atoms with Gasteiger partial charge < -0.3 is 10.1 Å². The van der Waals surface area contributed by atoms with Crippen LogP contribution in [-0.2, 0) is 14.3 Å². The normalized spacial score (nSPS) is 10.3. The van der Waals surface area contributed by atoms with Crippen LogP contribution in [-0.4, -0.2) is 24.2 Å². The molecule has 0 unspecified atom stereocenters. The summed E-state index contributed by atoms with van der Waals surface area (Å²) in [6.45, 7) is 3.73. The number of benzene rings is 2. The summed E-state index contributed by atoms with van der Waals surface area (Å²) in [5.74, 6) is -0.706. The van der Waals surface area contributed by atoms with E-state index >= 15 is 0 Å². The molecule has 1 N–H and O–H groups in total. The second-order valence-electron chi connectivity index (χ2n) is 5.22. The minimum atomic E-state index is -0.437. The van der Waals surface area contributed by atoms with Gasteiger partial charge in [0.15, 0.2) is 6.61 Å². The van der Waals surface area contributed by atoms with Crippen molar-refractivity contribution in [2.45, 2.75) is 18.7 Å². The van der Waals surface area contributed by atoms with E-state index < -0.39 is 11.9 Å². The predicted molar refractivity (Wildman–Crippen MR) is 97.7 cm³/mol.